The SMILES string of the molecule is CCC(=O)[Si](C)(O[Si](C)(C)C)O[Si](C)(C)C. The van der Waals surface area contributed by atoms with Crippen LogP contribution in [0.3, 0.4) is 0 Å². The molecule has 0 N–H and O–H groups in total. The lowest BCUT2D eigenvalue weighted by atomic mass is 10.6. The molecule has 0 aliphatic carbocycles. The minimum absolute atomic E-state index is 0.178. The van der Waals surface area contributed by atoms with E-state index >= 15 is 0 Å². The second-order valence-corrected chi connectivity index (χ2v) is 18.7. The molecule has 0 aliphatic rings. The summed E-state index contributed by atoms with van der Waals surface area (Å²) < 4.78 is 12.2. The van der Waals surface area contributed by atoms with E-state index in [1.807, 2.05) is 13.5 Å². The fourth-order valence-corrected chi connectivity index (χ4v) is 13.1. The fraction of sp³-hybridized carbons (Fsp3) is 0.900. The standard InChI is InChI=1S/C10H26O3Si3/c1-9-10(11)16(8,12-14(2,3)4)13-15(5,6)7/h9H2,1-8H3. The van der Waals surface area contributed by atoms with Gasteiger partial charge in [0.25, 0.3) is 0 Å². The molecule has 6 heteroatoms. The molecule has 0 unspecified atom stereocenters. The summed E-state index contributed by atoms with van der Waals surface area (Å²) in [5, 5.41) is 0.178. The zero-order valence-electron chi connectivity index (χ0n) is 11.9. The van der Waals surface area contributed by atoms with E-state index in [0.717, 1.165) is 0 Å². The molecular formula is C10H26O3Si3. The number of carbonyl (C=O) groups excluding carboxylic acids is 1. The van der Waals surface area contributed by atoms with Crippen molar-refractivity contribution in [2.75, 3.05) is 0 Å². The summed E-state index contributed by atoms with van der Waals surface area (Å²) >= 11 is 0. The summed E-state index contributed by atoms with van der Waals surface area (Å²) in [6.45, 7) is 16.4. The molecule has 0 saturated carbocycles. The Hall–Kier alpha value is 0.241. The summed E-state index contributed by atoms with van der Waals surface area (Å²) in [6.07, 6.45) is 0.512. The Bertz CT molecular complexity index is 237. The van der Waals surface area contributed by atoms with Crippen LogP contribution in [0.2, 0.25) is 45.8 Å². The minimum Gasteiger partial charge on any atom is -0.432 e. The van der Waals surface area contributed by atoms with Gasteiger partial charge in [0.1, 0.15) is 0 Å². The maximum atomic E-state index is 12.0. The van der Waals surface area contributed by atoms with Crippen LogP contribution in [0.25, 0.3) is 0 Å². The van der Waals surface area contributed by atoms with Crippen LogP contribution in [0, 0.1) is 0 Å². The monoisotopic (exact) mass is 278 g/mol. The zero-order chi connectivity index (χ0) is 13.2. The maximum Gasteiger partial charge on any atom is 0.386 e. The quantitative estimate of drug-likeness (QED) is 0.700. The van der Waals surface area contributed by atoms with Crippen molar-refractivity contribution in [3.05, 3.63) is 0 Å². The lowest BCUT2D eigenvalue weighted by Crippen LogP contribution is -2.57. The van der Waals surface area contributed by atoms with Crippen molar-refractivity contribution in [2.24, 2.45) is 0 Å². The van der Waals surface area contributed by atoms with Crippen LogP contribution in [0.1, 0.15) is 13.3 Å². The number of hydrogen-bond donors (Lipinski definition) is 0. The lowest BCUT2D eigenvalue weighted by Gasteiger charge is -2.36. The molecule has 0 spiro atoms. The van der Waals surface area contributed by atoms with Gasteiger partial charge >= 0.3 is 8.56 Å². The van der Waals surface area contributed by atoms with Crippen molar-refractivity contribution in [1.29, 1.82) is 0 Å². The molecule has 16 heavy (non-hydrogen) atoms. The average Bonchev–Trinajstić information content (AvgIpc) is 1.95. The fourth-order valence-electron chi connectivity index (χ4n) is 1.62. The molecule has 0 fully saturated rings. The Morgan fingerprint density at radius 2 is 1.19 bits per heavy atom. The molecule has 0 aromatic carbocycles. The van der Waals surface area contributed by atoms with Crippen LogP contribution in [0.4, 0.5) is 0 Å². The Morgan fingerprint density at radius 3 is 1.38 bits per heavy atom. The summed E-state index contributed by atoms with van der Waals surface area (Å²) in [6, 6.07) is 0. The number of hydrogen-bond acceptors (Lipinski definition) is 3. The van der Waals surface area contributed by atoms with Crippen LogP contribution in [0.5, 0.6) is 0 Å². The van der Waals surface area contributed by atoms with Gasteiger partial charge in [-0.2, -0.15) is 0 Å². The molecule has 0 rings (SSSR count). The van der Waals surface area contributed by atoms with Crippen molar-refractivity contribution >= 4 is 30.6 Å². The zero-order valence-corrected chi connectivity index (χ0v) is 14.9. The first-order valence-corrected chi connectivity index (χ1v) is 15.0. The van der Waals surface area contributed by atoms with E-state index in [4.69, 9.17) is 8.23 Å². The second kappa shape index (κ2) is 5.26. The lowest BCUT2D eigenvalue weighted by molar-refractivity contribution is -0.114. The average molecular weight is 279 g/mol. The van der Waals surface area contributed by atoms with Gasteiger partial charge in [-0.25, -0.2) is 0 Å². The molecule has 0 aliphatic heterocycles. The Balaban J connectivity index is 4.97. The van der Waals surface area contributed by atoms with Gasteiger partial charge in [-0.3, -0.25) is 4.79 Å². The molecule has 0 amide bonds. The van der Waals surface area contributed by atoms with E-state index in [1.165, 1.54) is 0 Å². The van der Waals surface area contributed by atoms with E-state index < -0.39 is 25.2 Å². The molecule has 0 aromatic heterocycles. The second-order valence-electron chi connectivity index (χ2n) is 6.15. The molecule has 0 aromatic rings. The molecule has 3 nitrogen and oxygen atoms in total. The predicted octanol–water partition coefficient (Wildman–Crippen LogP) is 3.28. The summed E-state index contributed by atoms with van der Waals surface area (Å²) in [5.74, 6) is 0. The smallest absolute Gasteiger partial charge is 0.386 e. The van der Waals surface area contributed by atoms with Gasteiger partial charge in [0.2, 0.25) is 0 Å². The van der Waals surface area contributed by atoms with Crippen molar-refractivity contribution in [1.82, 2.24) is 0 Å². The Labute approximate surface area is 103 Å². The largest absolute Gasteiger partial charge is 0.432 e. The highest BCUT2D eigenvalue weighted by Gasteiger charge is 2.45. The highest BCUT2D eigenvalue weighted by molar-refractivity contribution is 7.04. The van der Waals surface area contributed by atoms with Gasteiger partial charge in [-0.05, 0) is 45.8 Å². The molecule has 96 valence electrons. The number of rotatable bonds is 6. The molecule has 0 bridgehead atoms. The first-order chi connectivity index (χ1) is 6.90. The highest BCUT2D eigenvalue weighted by atomic mass is 28.5. The molecule has 0 radical (unpaired) electrons. The van der Waals surface area contributed by atoms with E-state index in [-0.39, 0.29) is 5.41 Å². The first kappa shape index (κ1) is 16.2. The molecule has 0 saturated heterocycles. The maximum absolute atomic E-state index is 12.0. The van der Waals surface area contributed by atoms with Gasteiger partial charge in [0.15, 0.2) is 22.0 Å². The summed E-state index contributed by atoms with van der Waals surface area (Å²) in [5.41, 5.74) is 0. The third-order valence-electron chi connectivity index (χ3n) is 1.83. The topological polar surface area (TPSA) is 35.5 Å². The molecule has 0 atom stereocenters. The summed E-state index contributed by atoms with van der Waals surface area (Å²) in [4.78, 5) is 12.0. The van der Waals surface area contributed by atoms with Crippen LogP contribution >= 0.6 is 0 Å². The van der Waals surface area contributed by atoms with E-state index in [0.29, 0.717) is 6.42 Å². The van der Waals surface area contributed by atoms with Crippen LogP contribution in [-0.2, 0) is 13.0 Å². The van der Waals surface area contributed by atoms with E-state index in [9.17, 15) is 4.79 Å². The molecular weight excluding hydrogens is 252 g/mol. The van der Waals surface area contributed by atoms with Gasteiger partial charge in [0, 0.05) is 6.42 Å². The third kappa shape index (κ3) is 6.09. The van der Waals surface area contributed by atoms with Gasteiger partial charge < -0.3 is 8.23 Å². The van der Waals surface area contributed by atoms with Crippen molar-refractivity contribution < 1.29 is 13.0 Å². The van der Waals surface area contributed by atoms with Gasteiger partial charge in [-0.1, -0.05) is 6.92 Å². The number of carbonyl (C=O) groups is 1. The third-order valence-corrected chi connectivity index (χ3v) is 11.2. The van der Waals surface area contributed by atoms with Crippen LogP contribution < -0.4 is 0 Å². The minimum atomic E-state index is -2.64. The van der Waals surface area contributed by atoms with Crippen molar-refractivity contribution in [3.8, 4) is 0 Å². The van der Waals surface area contributed by atoms with E-state index in [1.54, 1.807) is 0 Å². The Kier molecular flexibility index (Phi) is 5.34. The Morgan fingerprint density at radius 1 is 0.875 bits per heavy atom. The van der Waals surface area contributed by atoms with Crippen molar-refractivity contribution in [2.45, 2.75) is 59.2 Å². The first-order valence-electron chi connectivity index (χ1n) is 5.83. The highest BCUT2D eigenvalue weighted by Crippen LogP contribution is 2.22. The normalized spacial score (nSPS) is 14.0. The van der Waals surface area contributed by atoms with Gasteiger partial charge in [0.05, 0.1) is 0 Å². The predicted molar refractivity (Wildman–Crippen MR) is 75.8 cm³/mol. The van der Waals surface area contributed by atoms with Crippen LogP contribution in [-0.4, -0.2) is 30.6 Å². The molecule has 0 heterocycles. The van der Waals surface area contributed by atoms with Crippen LogP contribution in [0.15, 0.2) is 0 Å². The van der Waals surface area contributed by atoms with E-state index in [2.05, 4.69) is 39.3 Å². The van der Waals surface area contributed by atoms with Crippen molar-refractivity contribution in [3.63, 3.8) is 0 Å². The van der Waals surface area contributed by atoms with Gasteiger partial charge in [-0.15, -0.1) is 0 Å². The summed E-state index contributed by atoms with van der Waals surface area (Å²) in [7, 11) is -6.11.